The molecule has 2 heterocycles. The number of aliphatic imine (C=N–C) groups is 1. The number of para-hydroxylation sites is 1. The van der Waals surface area contributed by atoms with Gasteiger partial charge in [-0.25, -0.2) is 9.79 Å². The number of allylic oxidation sites excluding steroid dienone is 1. The summed E-state index contributed by atoms with van der Waals surface area (Å²) in [6, 6.07) is 14.3. The first kappa shape index (κ1) is 20.2. The number of carbonyl (C=O) groups is 2. The molecule has 0 saturated heterocycles. The average Bonchev–Trinajstić information content (AvgIpc) is 3.21. The van der Waals surface area contributed by atoms with Crippen molar-refractivity contribution in [2.45, 2.75) is 38.9 Å². The van der Waals surface area contributed by atoms with E-state index in [9.17, 15) is 9.59 Å². The van der Waals surface area contributed by atoms with Gasteiger partial charge in [0.25, 0.3) is 5.91 Å². The number of nitrogens with one attached hydrogen (secondary N) is 1. The maximum atomic E-state index is 12.8. The van der Waals surface area contributed by atoms with Crippen LogP contribution < -0.4 is 5.32 Å². The molecule has 0 bridgehead atoms. The Labute approximate surface area is 179 Å². The standard InChI is InChI=1S/C23H22ClN3O3/c1-2-3-8-18-26-21(24)20(19-16-6-4-5-7-17(16)25-22(19)28)27(18)13-14-9-11-15(12-10-14)23(29)30/h4-7,9-12,18H,2-3,8,13H2,1H3,(H,25,28)(H,29,30)/b20-19+. The minimum absolute atomic E-state index is 0.167. The van der Waals surface area contributed by atoms with Crippen LogP contribution in [0, 0.1) is 0 Å². The summed E-state index contributed by atoms with van der Waals surface area (Å²) in [7, 11) is 0. The Bertz CT molecular complexity index is 1060. The van der Waals surface area contributed by atoms with E-state index in [4.69, 9.17) is 16.7 Å². The Kier molecular flexibility index (Phi) is 5.59. The van der Waals surface area contributed by atoms with Crippen molar-refractivity contribution in [1.82, 2.24) is 4.90 Å². The van der Waals surface area contributed by atoms with Crippen molar-refractivity contribution in [3.05, 3.63) is 70.9 Å². The molecule has 7 heteroatoms. The molecule has 0 spiro atoms. The molecule has 2 N–H and O–H groups in total. The van der Waals surface area contributed by atoms with Crippen LogP contribution in [0.3, 0.4) is 0 Å². The number of carbonyl (C=O) groups excluding carboxylic acids is 1. The van der Waals surface area contributed by atoms with Crippen molar-refractivity contribution in [3.63, 3.8) is 0 Å². The Balaban J connectivity index is 1.75. The van der Waals surface area contributed by atoms with E-state index in [-0.39, 0.29) is 17.6 Å². The van der Waals surface area contributed by atoms with Gasteiger partial charge in [0.05, 0.1) is 16.8 Å². The zero-order chi connectivity index (χ0) is 21.3. The van der Waals surface area contributed by atoms with Crippen LogP contribution in [0.15, 0.2) is 59.2 Å². The lowest BCUT2D eigenvalue weighted by Crippen LogP contribution is -2.30. The summed E-state index contributed by atoms with van der Waals surface area (Å²) < 4.78 is 0. The molecule has 1 atom stereocenters. The van der Waals surface area contributed by atoms with Gasteiger partial charge in [0.2, 0.25) is 0 Å². The topological polar surface area (TPSA) is 82.0 Å². The zero-order valence-electron chi connectivity index (χ0n) is 16.6. The van der Waals surface area contributed by atoms with E-state index in [0.29, 0.717) is 23.0 Å². The van der Waals surface area contributed by atoms with Crippen molar-refractivity contribution < 1.29 is 14.7 Å². The van der Waals surface area contributed by atoms with Crippen LogP contribution in [-0.4, -0.2) is 33.2 Å². The van der Waals surface area contributed by atoms with Gasteiger partial charge in [-0.15, -0.1) is 0 Å². The summed E-state index contributed by atoms with van der Waals surface area (Å²) in [5.74, 6) is -1.15. The van der Waals surface area contributed by atoms with Crippen LogP contribution in [0.1, 0.15) is 47.7 Å². The first-order valence-electron chi connectivity index (χ1n) is 9.97. The molecule has 2 aliphatic rings. The Morgan fingerprint density at radius 2 is 1.93 bits per heavy atom. The molecule has 0 aromatic heterocycles. The highest BCUT2D eigenvalue weighted by Crippen LogP contribution is 2.39. The summed E-state index contributed by atoms with van der Waals surface area (Å²) in [6.07, 6.45) is 2.66. The second-order valence-electron chi connectivity index (χ2n) is 7.40. The first-order valence-corrected chi connectivity index (χ1v) is 10.3. The van der Waals surface area contributed by atoms with Crippen LogP contribution in [-0.2, 0) is 11.3 Å². The van der Waals surface area contributed by atoms with E-state index in [1.807, 2.05) is 24.3 Å². The summed E-state index contributed by atoms with van der Waals surface area (Å²) in [5.41, 5.74) is 3.89. The number of halogens is 1. The van der Waals surface area contributed by atoms with E-state index in [0.717, 1.165) is 36.1 Å². The van der Waals surface area contributed by atoms with Gasteiger partial charge in [-0.2, -0.15) is 0 Å². The fourth-order valence-corrected chi connectivity index (χ4v) is 4.18. The number of hydrogen-bond acceptors (Lipinski definition) is 4. The number of aromatic carboxylic acids is 1. The predicted molar refractivity (Wildman–Crippen MR) is 118 cm³/mol. The number of amides is 1. The van der Waals surface area contributed by atoms with Crippen LogP contribution in [0.2, 0.25) is 0 Å². The second kappa shape index (κ2) is 8.32. The SMILES string of the molecule is CCCCC1N=C(Cl)/C(=C2\C(=O)Nc3ccccc32)N1Cc1ccc(C(=O)O)cc1. The predicted octanol–water partition coefficient (Wildman–Crippen LogP) is 4.72. The minimum Gasteiger partial charge on any atom is -0.478 e. The monoisotopic (exact) mass is 423 g/mol. The number of benzene rings is 2. The third-order valence-electron chi connectivity index (χ3n) is 5.38. The summed E-state index contributed by atoms with van der Waals surface area (Å²) >= 11 is 6.58. The van der Waals surface area contributed by atoms with Gasteiger partial charge in [-0.1, -0.05) is 55.3 Å². The molecule has 154 valence electrons. The van der Waals surface area contributed by atoms with E-state index in [2.05, 4.69) is 22.1 Å². The molecule has 2 aromatic rings. The Morgan fingerprint density at radius 1 is 1.20 bits per heavy atom. The number of rotatable bonds is 6. The lowest BCUT2D eigenvalue weighted by Gasteiger charge is -2.27. The molecule has 6 nitrogen and oxygen atoms in total. The minimum atomic E-state index is -0.961. The molecule has 1 amide bonds. The van der Waals surface area contributed by atoms with E-state index >= 15 is 0 Å². The molecule has 0 fully saturated rings. The van der Waals surface area contributed by atoms with Crippen molar-refractivity contribution in [3.8, 4) is 0 Å². The van der Waals surface area contributed by atoms with Gasteiger partial charge in [0.1, 0.15) is 11.3 Å². The lowest BCUT2D eigenvalue weighted by molar-refractivity contribution is -0.110. The highest BCUT2D eigenvalue weighted by Gasteiger charge is 2.37. The molecule has 4 rings (SSSR count). The molecular formula is C23H22ClN3O3. The number of carboxylic acids is 1. The lowest BCUT2D eigenvalue weighted by atomic mass is 10.0. The molecule has 30 heavy (non-hydrogen) atoms. The highest BCUT2D eigenvalue weighted by atomic mass is 35.5. The third kappa shape index (κ3) is 3.71. The molecule has 0 radical (unpaired) electrons. The van der Waals surface area contributed by atoms with Gasteiger partial charge in [-0.3, -0.25) is 4.79 Å². The summed E-state index contributed by atoms with van der Waals surface area (Å²) in [4.78, 5) is 30.7. The number of unbranched alkanes of at least 4 members (excludes halogenated alkanes) is 1. The summed E-state index contributed by atoms with van der Waals surface area (Å²) in [5, 5.41) is 12.4. The number of nitrogens with zero attached hydrogens (tertiary/aromatic N) is 2. The van der Waals surface area contributed by atoms with Crippen molar-refractivity contribution in [2.24, 2.45) is 4.99 Å². The maximum Gasteiger partial charge on any atom is 0.335 e. The van der Waals surface area contributed by atoms with E-state index in [1.54, 1.807) is 24.3 Å². The number of hydrogen-bond donors (Lipinski definition) is 2. The second-order valence-corrected chi connectivity index (χ2v) is 7.75. The molecular weight excluding hydrogens is 402 g/mol. The Hall–Kier alpha value is -3.12. The van der Waals surface area contributed by atoms with Crippen molar-refractivity contribution in [2.75, 3.05) is 5.32 Å². The third-order valence-corrected chi connectivity index (χ3v) is 5.66. The smallest absolute Gasteiger partial charge is 0.335 e. The molecule has 1 unspecified atom stereocenters. The van der Waals surface area contributed by atoms with Gasteiger partial charge < -0.3 is 15.3 Å². The quantitative estimate of drug-likeness (QED) is 0.659. The highest BCUT2D eigenvalue weighted by molar-refractivity contribution is 6.71. The largest absolute Gasteiger partial charge is 0.478 e. The van der Waals surface area contributed by atoms with E-state index < -0.39 is 5.97 Å². The zero-order valence-corrected chi connectivity index (χ0v) is 17.3. The molecule has 0 aliphatic carbocycles. The fraction of sp³-hybridized carbons (Fsp3) is 0.261. The van der Waals surface area contributed by atoms with E-state index in [1.165, 1.54) is 0 Å². The van der Waals surface area contributed by atoms with Crippen LogP contribution >= 0.6 is 11.6 Å². The van der Waals surface area contributed by atoms with Gasteiger partial charge in [-0.05, 0) is 36.6 Å². The average molecular weight is 424 g/mol. The van der Waals surface area contributed by atoms with Gasteiger partial charge in [0, 0.05) is 17.8 Å². The van der Waals surface area contributed by atoms with Gasteiger partial charge in [0.15, 0.2) is 0 Å². The number of fused-ring (bicyclic) bond motifs is 1. The van der Waals surface area contributed by atoms with Crippen LogP contribution in [0.4, 0.5) is 5.69 Å². The first-order chi connectivity index (χ1) is 14.5. The van der Waals surface area contributed by atoms with Crippen LogP contribution in [0.5, 0.6) is 0 Å². The molecule has 2 aliphatic heterocycles. The van der Waals surface area contributed by atoms with Crippen LogP contribution in [0.25, 0.3) is 5.57 Å². The normalized spacial score (nSPS) is 20.2. The van der Waals surface area contributed by atoms with Gasteiger partial charge >= 0.3 is 5.97 Å². The number of anilines is 1. The van der Waals surface area contributed by atoms with Crippen molar-refractivity contribution in [1.29, 1.82) is 0 Å². The van der Waals surface area contributed by atoms with Crippen molar-refractivity contribution >= 4 is 39.9 Å². The Morgan fingerprint density at radius 3 is 2.63 bits per heavy atom. The molecule has 0 saturated carbocycles. The maximum absolute atomic E-state index is 12.8. The number of carboxylic acid groups (broad SMARTS) is 1. The fourth-order valence-electron chi connectivity index (χ4n) is 3.87. The summed E-state index contributed by atoms with van der Waals surface area (Å²) in [6.45, 7) is 2.59. The molecule has 2 aromatic carbocycles.